The molecule has 1 heterocycles. The topological polar surface area (TPSA) is 46.6 Å². The van der Waals surface area contributed by atoms with E-state index in [9.17, 15) is 8.42 Å². The van der Waals surface area contributed by atoms with Crippen LogP contribution in [0.15, 0.2) is 29.2 Å². The van der Waals surface area contributed by atoms with E-state index >= 15 is 0 Å². The van der Waals surface area contributed by atoms with E-state index in [1.165, 1.54) is 10.4 Å². The number of halogens is 1. The summed E-state index contributed by atoms with van der Waals surface area (Å²) in [5, 5.41) is 0.248. The van der Waals surface area contributed by atoms with Crippen molar-refractivity contribution in [1.82, 2.24) is 4.31 Å². The monoisotopic (exact) mass is 303 g/mol. The summed E-state index contributed by atoms with van der Waals surface area (Å²) in [6.07, 6.45) is -0.120. The molecule has 1 aromatic carbocycles. The van der Waals surface area contributed by atoms with Crippen molar-refractivity contribution in [2.45, 2.75) is 37.3 Å². The van der Waals surface area contributed by atoms with Crippen molar-refractivity contribution in [2.75, 3.05) is 13.2 Å². The third-order valence-corrected chi connectivity index (χ3v) is 5.80. The molecule has 1 atom stereocenters. The van der Waals surface area contributed by atoms with Crippen molar-refractivity contribution in [3.8, 4) is 0 Å². The molecule has 6 heteroatoms. The first-order valence-corrected chi connectivity index (χ1v) is 7.96. The lowest BCUT2D eigenvalue weighted by atomic mass is 10.1. The Bertz CT molecular complexity index is 571. The quantitative estimate of drug-likeness (QED) is 0.843. The molecule has 0 spiro atoms. The van der Waals surface area contributed by atoms with E-state index in [0.717, 1.165) is 0 Å². The summed E-state index contributed by atoms with van der Waals surface area (Å²) >= 11 is 6.02. The number of ether oxygens (including phenoxy) is 1. The van der Waals surface area contributed by atoms with Gasteiger partial charge in [0.1, 0.15) is 4.90 Å². The van der Waals surface area contributed by atoms with Gasteiger partial charge in [-0.1, -0.05) is 23.7 Å². The van der Waals surface area contributed by atoms with Gasteiger partial charge in [0.15, 0.2) is 0 Å². The number of sulfonamides is 1. The highest BCUT2D eigenvalue weighted by atomic mass is 35.5. The molecule has 106 valence electrons. The lowest BCUT2D eigenvalue weighted by Crippen LogP contribution is -2.57. The Morgan fingerprint density at radius 1 is 1.37 bits per heavy atom. The second kappa shape index (κ2) is 5.05. The molecule has 0 bridgehead atoms. The summed E-state index contributed by atoms with van der Waals surface area (Å²) in [6.45, 7) is 6.28. The van der Waals surface area contributed by atoms with Crippen LogP contribution in [0.1, 0.15) is 20.8 Å². The maximum Gasteiger partial charge on any atom is 0.245 e. The Morgan fingerprint density at radius 3 is 2.63 bits per heavy atom. The van der Waals surface area contributed by atoms with Crippen LogP contribution in [0.2, 0.25) is 5.02 Å². The Balaban J connectivity index is 2.47. The molecule has 1 aromatic rings. The van der Waals surface area contributed by atoms with Crippen molar-refractivity contribution in [2.24, 2.45) is 0 Å². The lowest BCUT2D eigenvalue weighted by Gasteiger charge is -2.43. The highest BCUT2D eigenvalue weighted by Gasteiger charge is 2.42. The van der Waals surface area contributed by atoms with Gasteiger partial charge in [0.2, 0.25) is 10.0 Å². The van der Waals surface area contributed by atoms with Crippen molar-refractivity contribution in [3.63, 3.8) is 0 Å². The summed E-state index contributed by atoms with van der Waals surface area (Å²) < 4.78 is 32.5. The zero-order valence-corrected chi connectivity index (χ0v) is 12.8. The van der Waals surface area contributed by atoms with E-state index in [0.29, 0.717) is 13.2 Å². The molecule has 4 nitrogen and oxygen atoms in total. The molecule has 1 fully saturated rings. The first-order chi connectivity index (χ1) is 8.75. The van der Waals surface area contributed by atoms with E-state index in [1.807, 2.05) is 20.8 Å². The average Bonchev–Trinajstić information content (AvgIpc) is 2.32. The standard InChI is InChI=1S/C13H18ClNO3S/c1-10-8-15(13(2,3)9-18-10)19(16,17)12-7-5-4-6-11(12)14/h4-7,10H,8-9H2,1-3H3/t10-/m1/s1. The summed E-state index contributed by atoms with van der Waals surface area (Å²) in [4.78, 5) is 0.152. The first-order valence-electron chi connectivity index (χ1n) is 6.14. The molecular formula is C13H18ClNO3S. The van der Waals surface area contributed by atoms with Gasteiger partial charge >= 0.3 is 0 Å². The van der Waals surface area contributed by atoms with E-state index in [1.54, 1.807) is 18.2 Å². The minimum atomic E-state index is -3.61. The largest absolute Gasteiger partial charge is 0.375 e. The average molecular weight is 304 g/mol. The highest BCUT2D eigenvalue weighted by molar-refractivity contribution is 7.89. The number of rotatable bonds is 2. The highest BCUT2D eigenvalue weighted by Crippen LogP contribution is 2.32. The maximum atomic E-state index is 12.8. The predicted octanol–water partition coefficient (Wildman–Crippen LogP) is 2.53. The van der Waals surface area contributed by atoms with E-state index in [2.05, 4.69) is 0 Å². The van der Waals surface area contributed by atoms with Crippen LogP contribution in [-0.2, 0) is 14.8 Å². The number of hydrogen-bond donors (Lipinski definition) is 0. The normalized spacial score (nSPS) is 24.3. The molecule has 1 saturated heterocycles. The molecule has 0 saturated carbocycles. The van der Waals surface area contributed by atoms with Crippen LogP contribution in [0.5, 0.6) is 0 Å². The van der Waals surface area contributed by atoms with Gasteiger partial charge in [0.05, 0.1) is 23.3 Å². The van der Waals surface area contributed by atoms with Gasteiger partial charge < -0.3 is 4.74 Å². The molecule has 19 heavy (non-hydrogen) atoms. The third kappa shape index (κ3) is 2.79. The Labute approximate surface area is 119 Å². The fourth-order valence-electron chi connectivity index (χ4n) is 2.15. The first kappa shape index (κ1) is 14.8. The van der Waals surface area contributed by atoms with Crippen LogP contribution in [-0.4, -0.2) is 37.5 Å². The van der Waals surface area contributed by atoms with Crippen LogP contribution in [0.25, 0.3) is 0 Å². The predicted molar refractivity (Wildman–Crippen MR) is 74.8 cm³/mol. The smallest absolute Gasteiger partial charge is 0.245 e. The minimum absolute atomic E-state index is 0.120. The molecule has 0 N–H and O–H groups in total. The molecule has 0 aromatic heterocycles. The van der Waals surface area contributed by atoms with Crippen molar-refractivity contribution >= 4 is 21.6 Å². The Kier molecular flexibility index (Phi) is 3.93. The molecule has 1 aliphatic heterocycles. The van der Waals surface area contributed by atoms with Gasteiger partial charge in [-0.15, -0.1) is 0 Å². The molecule has 0 amide bonds. The zero-order valence-electron chi connectivity index (χ0n) is 11.3. The summed E-state index contributed by atoms with van der Waals surface area (Å²) in [5.74, 6) is 0. The second-order valence-electron chi connectivity index (χ2n) is 5.40. The van der Waals surface area contributed by atoms with Crippen molar-refractivity contribution < 1.29 is 13.2 Å². The van der Waals surface area contributed by atoms with Crippen molar-refractivity contribution in [3.05, 3.63) is 29.3 Å². The van der Waals surface area contributed by atoms with E-state index < -0.39 is 15.6 Å². The second-order valence-corrected chi connectivity index (χ2v) is 7.64. The van der Waals surface area contributed by atoms with Gasteiger partial charge in [-0.3, -0.25) is 0 Å². The van der Waals surface area contributed by atoms with Crippen LogP contribution < -0.4 is 0 Å². The number of hydrogen-bond acceptors (Lipinski definition) is 3. The Hall–Kier alpha value is -0.620. The van der Waals surface area contributed by atoms with Crippen LogP contribution >= 0.6 is 11.6 Å². The van der Waals surface area contributed by atoms with Crippen LogP contribution in [0.3, 0.4) is 0 Å². The Morgan fingerprint density at radius 2 is 2.00 bits per heavy atom. The fraction of sp³-hybridized carbons (Fsp3) is 0.538. The number of benzene rings is 1. The van der Waals surface area contributed by atoms with Crippen molar-refractivity contribution in [1.29, 1.82) is 0 Å². The van der Waals surface area contributed by atoms with Gasteiger partial charge in [0.25, 0.3) is 0 Å². The molecular weight excluding hydrogens is 286 g/mol. The SMILES string of the molecule is C[C@@H]1CN(S(=O)(=O)c2ccccc2Cl)C(C)(C)CO1. The summed E-state index contributed by atoms with van der Waals surface area (Å²) in [7, 11) is -3.61. The number of nitrogens with zero attached hydrogens (tertiary/aromatic N) is 1. The number of morpholine rings is 1. The van der Waals surface area contributed by atoms with E-state index in [4.69, 9.17) is 16.3 Å². The zero-order chi connectivity index (χ0) is 14.3. The molecule has 2 rings (SSSR count). The van der Waals surface area contributed by atoms with Gasteiger partial charge in [-0.2, -0.15) is 4.31 Å². The lowest BCUT2D eigenvalue weighted by molar-refractivity contribution is -0.0551. The fourth-order valence-corrected chi connectivity index (χ4v) is 4.49. The minimum Gasteiger partial charge on any atom is -0.375 e. The molecule has 0 radical (unpaired) electrons. The van der Waals surface area contributed by atoms with Crippen LogP contribution in [0, 0.1) is 0 Å². The molecule has 0 unspecified atom stereocenters. The molecule has 0 aliphatic carbocycles. The third-order valence-electron chi connectivity index (χ3n) is 3.22. The summed E-state index contributed by atoms with van der Waals surface area (Å²) in [5.41, 5.74) is -0.579. The molecule has 1 aliphatic rings. The summed E-state index contributed by atoms with van der Waals surface area (Å²) in [6, 6.07) is 6.52. The van der Waals surface area contributed by atoms with Gasteiger partial charge in [-0.05, 0) is 32.9 Å². The van der Waals surface area contributed by atoms with Gasteiger partial charge in [0, 0.05) is 6.54 Å². The maximum absolute atomic E-state index is 12.8. The van der Waals surface area contributed by atoms with E-state index in [-0.39, 0.29) is 16.0 Å². The van der Waals surface area contributed by atoms with Crippen LogP contribution in [0.4, 0.5) is 0 Å². The van der Waals surface area contributed by atoms with Gasteiger partial charge in [-0.25, -0.2) is 8.42 Å².